The minimum atomic E-state index is -3.20. The van der Waals surface area contributed by atoms with E-state index in [0.717, 1.165) is 25.6 Å². The number of rotatable bonds is 3. The molecule has 1 aliphatic rings. The Labute approximate surface area is 119 Å². The number of amides is 1. The highest BCUT2D eigenvalue weighted by Gasteiger charge is 2.24. The Balaban J connectivity index is 2.01. The molecule has 6 heteroatoms. The molecule has 110 valence electrons. The lowest BCUT2D eigenvalue weighted by molar-refractivity contribution is -0.119. The maximum Gasteiger partial charge on any atom is 0.241 e. The van der Waals surface area contributed by atoms with Crippen LogP contribution in [-0.2, 0) is 14.6 Å². The van der Waals surface area contributed by atoms with E-state index in [-0.39, 0.29) is 16.8 Å². The number of anilines is 1. The molecule has 1 fully saturated rings. The Bertz CT molecular complexity index is 581. The third-order valence-corrected chi connectivity index (χ3v) is 4.66. The summed E-state index contributed by atoms with van der Waals surface area (Å²) in [6, 6.07) is 6.05. The number of piperidine rings is 1. The van der Waals surface area contributed by atoms with Crippen LogP contribution >= 0.6 is 0 Å². The van der Waals surface area contributed by atoms with Crippen LogP contribution in [0.15, 0.2) is 29.2 Å². The first-order chi connectivity index (χ1) is 9.36. The predicted octanol–water partition coefficient (Wildman–Crippen LogP) is 1.42. The quantitative estimate of drug-likeness (QED) is 0.884. The third-order valence-electron chi connectivity index (χ3n) is 3.53. The fraction of sp³-hybridized carbons (Fsp3) is 0.500. The summed E-state index contributed by atoms with van der Waals surface area (Å²) >= 11 is 0. The minimum Gasteiger partial charge on any atom is -0.325 e. The average molecular weight is 296 g/mol. The van der Waals surface area contributed by atoms with Gasteiger partial charge in [-0.2, -0.15) is 0 Å². The van der Waals surface area contributed by atoms with Gasteiger partial charge in [-0.25, -0.2) is 8.42 Å². The van der Waals surface area contributed by atoms with Crippen LogP contribution in [0.5, 0.6) is 0 Å². The standard InChI is InChI=1S/C14H20N2O3S/c1-10-7-8-15-13(9-10)14(17)16-11-3-5-12(6-4-11)20(2,18)19/h3-6,10,13,15H,7-9H2,1-2H3,(H,16,17). The van der Waals surface area contributed by atoms with Crippen LogP contribution in [0.25, 0.3) is 0 Å². The molecule has 0 spiro atoms. The largest absolute Gasteiger partial charge is 0.325 e. The number of carbonyl (C=O) groups excluding carboxylic acids is 1. The Morgan fingerprint density at radius 1 is 1.30 bits per heavy atom. The van der Waals surface area contributed by atoms with Crippen molar-refractivity contribution in [2.75, 3.05) is 18.1 Å². The second-order valence-electron chi connectivity index (χ2n) is 5.42. The maximum atomic E-state index is 12.1. The van der Waals surface area contributed by atoms with Crippen molar-refractivity contribution in [2.45, 2.75) is 30.7 Å². The summed E-state index contributed by atoms with van der Waals surface area (Å²) in [5, 5.41) is 6.01. The molecule has 2 rings (SSSR count). The molecule has 1 aromatic rings. The van der Waals surface area contributed by atoms with E-state index in [4.69, 9.17) is 0 Å². The molecule has 2 unspecified atom stereocenters. The highest BCUT2D eigenvalue weighted by Crippen LogP contribution is 2.18. The lowest BCUT2D eigenvalue weighted by Crippen LogP contribution is -2.45. The summed E-state index contributed by atoms with van der Waals surface area (Å²) < 4.78 is 22.7. The number of hydrogen-bond acceptors (Lipinski definition) is 4. The van der Waals surface area contributed by atoms with Gasteiger partial charge in [0.05, 0.1) is 10.9 Å². The summed E-state index contributed by atoms with van der Waals surface area (Å²) in [6.07, 6.45) is 3.08. The van der Waals surface area contributed by atoms with Gasteiger partial charge in [0.15, 0.2) is 9.84 Å². The van der Waals surface area contributed by atoms with Crippen LogP contribution in [0.4, 0.5) is 5.69 Å². The van der Waals surface area contributed by atoms with E-state index in [1.54, 1.807) is 12.1 Å². The molecule has 1 heterocycles. The first-order valence-corrected chi connectivity index (χ1v) is 8.60. The van der Waals surface area contributed by atoms with Gasteiger partial charge in [0, 0.05) is 11.9 Å². The zero-order chi connectivity index (χ0) is 14.8. The smallest absolute Gasteiger partial charge is 0.241 e. The van der Waals surface area contributed by atoms with Gasteiger partial charge in [-0.05, 0) is 49.6 Å². The molecule has 2 atom stereocenters. The number of hydrogen-bond donors (Lipinski definition) is 2. The van der Waals surface area contributed by atoms with E-state index in [1.165, 1.54) is 12.1 Å². The molecule has 0 radical (unpaired) electrons. The molecular weight excluding hydrogens is 276 g/mol. The maximum absolute atomic E-state index is 12.1. The SMILES string of the molecule is CC1CCNC(C(=O)Nc2ccc(S(C)(=O)=O)cc2)C1. The van der Waals surface area contributed by atoms with Crippen LogP contribution in [0.1, 0.15) is 19.8 Å². The summed E-state index contributed by atoms with van der Waals surface area (Å²) in [5.41, 5.74) is 0.613. The highest BCUT2D eigenvalue weighted by atomic mass is 32.2. The number of benzene rings is 1. The van der Waals surface area contributed by atoms with Gasteiger partial charge >= 0.3 is 0 Å². The molecule has 20 heavy (non-hydrogen) atoms. The van der Waals surface area contributed by atoms with Gasteiger partial charge in [-0.3, -0.25) is 4.79 Å². The van der Waals surface area contributed by atoms with Crippen molar-refractivity contribution in [3.8, 4) is 0 Å². The molecule has 0 aromatic heterocycles. The normalized spacial score (nSPS) is 23.3. The van der Waals surface area contributed by atoms with Crippen LogP contribution in [-0.4, -0.2) is 33.2 Å². The van der Waals surface area contributed by atoms with E-state index >= 15 is 0 Å². The van der Waals surface area contributed by atoms with E-state index in [2.05, 4.69) is 17.6 Å². The van der Waals surface area contributed by atoms with Gasteiger partial charge in [0.25, 0.3) is 0 Å². The first kappa shape index (κ1) is 15.0. The molecule has 1 aliphatic heterocycles. The monoisotopic (exact) mass is 296 g/mol. The molecule has 5 nitrogen and oxygen atoms in total. The molecule has 0 saturated carbocycles. The van der Waals surface area contributed by atoms with Crippen molar-refractivity contribution in [2.24, 2.45) is 5.92 Å². The minimum absolute atomic E-state index is 0.0661. The van der Waals surface area contributed by atoms with Crippen molar-refractivity contribution in [1.29, 1.82) is 0 Å². The van der Waals surface area contributed by atoms with Crippen molar-refractivity contribution in [1.82, 2.24) is 5.32 Å². The summed E-state index contributed by atoms with van der Waals surface area (Å²) in [4.78, 5) is 12.4. The predicted molar refractivity (Wildman–Crippen MR) is 78.4 cm³/mol. The lowest BCUT2D eigenvalue weighted by Gasteiger charge is -2.27. The van der Waals surface area contributed by atoms with Crippen molar-refractivity contribution in [3.63, 3.8) is 0 Å². The van der Waals surface area contributed by atoms with Crippen molar-refractivity contribution in [3.05, 3.63) is 24.3 Å². The van der Waals surface area contributed by atoms with E-state index < -0.39 is 9.84 Å². The molecule has 0 aliphatic carbocycles. The van der Waals surface area contributed by atoms with E-state index in [9.17, 15) is 13.2 Å². The molecule has 1 saturated heterocycles. The molecule has 1 amide bonds. The Kier molecular flexibility index (Phi) is 4.45. The summed E-state index contributed by atoms with van der Waals surface area (Å²) in [6.45, 7) is 2.99. The van der Waals surface area contributed by atoms with Crippen LogP contribution in [0.3, 0.4) is 0 Å². The van der Waals surface area contributed by atoms with Crippen LogP contribution in [0.2, 0.25) is 0 Å². The zero-order valence-corrected chi connectivity index (χ0v) is 12.5. The van der Waals surface area contributed by atoms with Gasteiger partial charge in [0.2, 0.25) is 5.91 Å². The Morgan fingerprint density at radius 3 is 2.50 bits per heavy atom. The topological polar surface area (TPSA) is 75.3 Å². The fourth-order valence-corrected chi connectivity index (χ4v) is 2.95. The first-order valence-electron chi connectivity index (χ1n) is 6.70. The Hall–Kier alpha value is -1.40. The molecule has 0 bridgehead atoms. The van der Waals surface area contributed by atoms with Crippen LogP contribution < -0.4 is 10.6 Å². The summed E-state index contributed by atoms with van der Waals surface area (Å²) in [5.74, 6) is 0.475. The second kappa shape index (κ2) is 5.93. The molecule has 2 N–H and O–H groups in total. The Morgan fingerprint density at radius 2 is 1.95 bits per heavy atom. The number of nitrogens with one attached hydrogen (secondary N) is 2. The average Bonchev–Trinajstić information content (AvgIpc) is 2.38. The highest BCUT2D eigenvalue weighted by molar-refractivity contribution is 7.90. The lowest BCUT2D eigenvalue weighted by atomic mass is 9.94. The number of carbonyl (C=O) groups is 1. The van der Waals surface area contributed by atoms with Gasteiger partial charge in [-0.15, -0.1) is 0 Å². The number of sulfone groups is 1. The van der Waals surface area contributed by atoms with Crippen LogP contribution in [0, 0.1) is 5.92 Å². The van der Waals surface area contributed by atoms with Gasteiger partial charge < -0.3 is 10.6 Å². The zero-order valence-electron chi connectivity index (χ0n) is 11.7. The van der Waals surface area contributed by atoms with Crippen molar-refractivity contribution < 1.29 is 13.2 Å². The third kappa shape index (κ3) is 3.80. The fourth-order valence-electron chi connectivity index (χ4n) is 2.32. The van der Waals surface area contributed by atoms with E-state index in [1.807, 2.05) is 0 Å². The molecule has 1 aromatic carbocycles. The second-order valence-corrected chi connectivity index (χ2v) is 7.44. The van der Waals surface area contributed by atoms with Crippen molar-refractivity contribution >= 4 is 21.4 Å². The molecular formula is C14H20N2O3S. The summed E-state index contributed by atoms with van der Waals surface area (Å²) in [7, 11) is -3.20. The van der Waals surface area contributed by atoms with Gasteiger partial charge in [0.1, 0.15) is 0 Å². The van der Waals surface area contributed by atoms with E-state index in [0.29, 0.717) is 11.6 Å². The van der Waals surface area contributed by atoms with Gasteiger partial charge in [-0.1, -0.05) is 6.92 Å².